The van der Waals surface area contributed by atoms with Crippen molar-refractivity contribution in [1.82, 2.24) is 4.98 Å². The van der Waals surface area contributed by atoms with Crippen molar-refractivity contribution in [3.8, 4) is 0 Å². The molecule has 0 amide bonds. The maximum Gasteiger partial charge on any atom is 0.303 e. The fourth-order valence-electron chi connectivity index (χ4n) is 1.70. The van der Waals surface area contributed by atoms with Crippen LogP contribution in [-0.2, 0) is 4.79 Å². The number of ketones is 1. The number of aliphatic carboxylic acids is 1. The molecule has 2 N–H and O–H groups in total. The van der Waals surface area contributed by atoms with Crippen molar-refractivity contribution in [3.63, 3.8) is 0 Å². The third-order valence-electron chi connectivity index (χ3n) is 2.53. The van der Waals surface area contributed by atoms with E-state index >= 15 is 0 Å². The van der Waals surface area contributed by atoms with Gasteiger partial charge in [0.05, 0.1) is 11.9 Å². The van der Waals surface area contributed by atoms with Crippen LogP contribution in [0, 0.1) is 5.82 Å². The second-order valence-corrected chi connectivity index (χ2v) is 3.68. The molecule has 0 saturated carbocycles. The summed E-state index contributed by atoms with van der Waals surface area (Å²) in [6, 6.07) is 4.44. The number of hydrogen-bond donors (Lipinski definition) is 2. The Kier molecular flexibility index (Phi) is 2.91. The standard InChI is InChI=1S/C12H10FNO3/c13-9-3-1-2-7-8(6-14-12(7)9)10(15)4-5-11(16)17/h1-3,6,14H,4-5H2,(H,16,17). The van der Waals surface area contributed by atoms with E-state index in [1.165, 1.54) is 18.3 Å². The first kappa shape index (κ1) is 11.3. The number of rotatable bonds is 4. The van der Waals surface area contributed by atoms with Crippen LogP contribution in [0.1, 0.15) is 23.2 Å². The second kappa shape index (κ2) is 4.37. The summed E-state index contributed by atoms with van der Waals surface area (Å²) in [6.07, 6.45) is 1.11. The van der Waals surface area contributed by atoms with Gasteiger partial charge in [0.15, 0.2) is 5.78 Å². The number of carboxylic acid groups (broad SMARTS) is 1. The number of nitrogens with one attached hydrogen (secondary N) is 1. The Morgan fingerprint density at radius 1 is 1.29 bits per heavy atom. The van der Waals surface area contributed by atoms with Crippen LogP contribution in [-0.4, -0.2) is 21.8 Å². The Bertz CT molecular complexity index is 588. The van der Waals surface area contributed by atoms with Crippen LogP contribution >= 0.6 is 0 Å². The van der Waals surface area contributed by atoms with E-state index in [1.807, 2.05) is 0 Å². The number of fused-ring (bicyclic) bond motifs is 1. The van der Waals surface area contributed by atoms with Crippen molar-refractivity contribution >= 4 is 22.7 Å². The van der Waals surface area contributed by atoms with Crippen LogP contribution in [0.3, 0.4) is 0 Å². The SMILES string of the molecule is O=C(O)CCC(=O)c1c[nH]c2c(F)cccc12. The second-order valence-electron chi connectivity index (χ2n) is 3.68. The highest BCUT2D eigenvalue weighted by Gasteiger charge is 2.14. The minimum absolute atomic E-state index is 0.0845. The summed E-state index contributed by atoms with van der Waals surface area (Å²) in [4.78, 5) is 24.8. The topological polar surface area (TPSA) is 70.2 Å². The van der Waals surface area contributed by atoms with Crippen molar-refractivity contribution in [2.75, 3.05) is 0 Å². The number of carbonyl (C=O) groups excluding carboxylic acids is 1. The molecule has 0 bridgehead atoms. The number of benzene rings is 1. The van der Waals surface area contributed by atoms with Gasteiger partial charge in [0.25, 0.3) is 0 Å². The van der Waals surface area contributed by atoms with Gasteiger partial charge in [0, 0.05) is 23.6 Å². The molecular weight excluding hydrogens is 225 g/mol. The number of hydrogen-bond acceptors (Lipinski definition) is 2. The maximum atomic E-state index is 13.3. The summed E-state index contributed by atoms with van der Waals surface area (Å²) in [6.45, 7) is 0. The fraction of sp³-hybridized carbons (Fsp3) is 0.167. The summed E-state index contributed by atoms with van der Waals surface area (Å²) >= 11 is 0. The fourth-order valence-corrected chi connectivity index (χ4v) is 1.70. The Labute approximate surface area is 96.1 Å². The highest BCUT2D eigenvalue weighted by atomic mass is 19.1. The average molecular weight is 235 g/mol. The van der Waals surface area contributed by atoms with Crippen LogP contribution < -0.4 is 0 Å². The molecule has 1 aromatic heterocycles. The summed E-state index contributed by atoms with van der Waals surface area (Å²) in [5.41, 5.74) is 0.604. The highest BCUT2D eigenvalue weighted by molar-refractivity contribution is 6.08. The molecule has 0 atom stereocenters. The predicted octanol–water partition coefficient (Wildman–Crippen LogP) is 2.35. The number of H-pyrrole nitrogens is 1. The normalized spacial score (nSPS) is 10.6. The van der Waals surface area contributed by atoms with Crippen LogP contribution in [0.15, 0.2) is 24.4 Å². The van der Waals surface area contributed by atoms with Crippen LogP contribution in [0.5, 0.6) is 0 Å². The van der Waals surface area contributed by atoms with Gasteiger partial charge < -0.3 is 10.1 Å². The van der Waals surface area contributed by atoms with Crippen molar-refractivity contribution in [3.05, 3.63) is 35.8 Å². The molecule has 0 aliphatic carbocycles. The van der Waals surface area contributed by atoms with E-state index in [4.69, 9.17) is 5.11 Å². The lowest BCUT2D eigenvalue weighted by molar-refractivity contribution is -0.136. The Morgan fingerprint density at radius 2 is 2.06 bits per heavy atom. The first-order valence-corrected chi connectivity index (χ1v) is 5.10. The van der Waals surface area contributed by atoms with Crippen LogP contribution in [0.2, 0.25) is 0 Å². The van der Waals surface area contributed by atoms with Crippen molar-refractivity contribution in [2.45, 2.75) is 12.8 Å². The van der Waals surface area contributed by atoms with Crippen LogP contribution in [0.25, 0.3) is 10.9 Å². The molecule has 4 nitrogen and oxygen atoms in total. The van der Waals surface area contributed by atoms with E-state index in [2.05, 4.69) is 4.98 Å². The quantitative estimate of drug-likeness (QED) is 0.799. The van der Waals surface area contributed by atoms with Gasteiger partial charge in [0.2, 0.25) is 0 Å². The van der Waals surface area contributed by atoms with Gasteiger partial charge in [-0.3, -0.25) is 9.59 Å². The van der Waals surface area contributed by atoms with Crippen molar-refractivity contribution < 1.29 is 19.1 Å². The summed E-state index contributed by atoms with van der Waals surface area (Å²) in [7, 11) is 0. The van der Waals surface area contributed by atoms with Crippen molar-refractivity contribution in [1.29, 1.82) is 0 Å². The number of carboxylic acids is 1. The first-order valence-electron chi connectivity index (χ1n) is 5.10. The molecule has 17 heavy (non-hydrogen) atoms. The number of Topliss-reactive ketones (excluding diaryl/α,β-unsaturated/α-hetero) is 1. The molecule has 1 heterocycles. The number of aromatic nitrogens is 1. The molecule has 0 saturated heterocycles. The number of para-hydroxylation sites is 1. The highest BCUT2D eigenvalue weighted by Crippen LogP contribution is 2.22. The van der Waals surface area contributed by atoms with E-state index in [9.17, 15) is 14.0 Å². The third kappa shape index (κ3) is 2.18. The maximum absolute atomic E-state index is 13.3. The zero-order valence-electron chi connectivity index (χ0n) is 8.87. The summed E-state index contributed by atoms with van der Waals surface area (Å²) < 4.78 is 13.3. The number of carbonyl (C=O) groups is 2. The molecule has 0 unspecified atom stereocenters. The lowest BCUT2D eigenvalue weighted by atomic mass is 10.1. The zero-order valence-corrected chi connectivity index (χ0v) is 8.87. The first-order chi connectivity index (χ1) is 8.09. The summed E-state index contributed by atoms with van der Waals surface area (Å²) in [5, 5.41) is 8.98. The zero-order chi connectivity index (χ0) is 12.4. The molecule has 0 radical (unpaired) electrons. The minimum atomic E-state index is -1.02. The van der Waals surface area contributed by atoms with E-state index in [0.717, 1.165) is 0 Å². The monoisotopic (exact) mass is 235 g/mol. The predicted molar refractivity (Wildman–Crippen MR) is 59.5 cm³/mol. The van der Waals surface area contributed by atoms with E-state index < -0.39 is 11.8 Å². The van der Waals surface area contributed by atoms with E-state index in [0.29, 0.717) is 10.9 Å². The molecule has 5 heteroatoms. The van der Waals surface area contributed by atoms with Gasteiger partial charge in [-0.1, -0.05) is 12.1 Å². The van der Waals surface area contributed by atoms with Gasteiger partial charge >= 0.3 is 5.97 Å². The molecule has 88 valence electrons. The number of halogens is 1. The van der Waals surface area contributed by atoms with Crippen LogP contribution in [0.4, 0.5) is 4.39 Å². The molecule has 0 spiro atoms. The molecule has 1 aromatic carbocycles. The average Bonchev–Trinajstić information content (AvgIpc) is 2.71. The van der Waals surface area contributed by atoms with Crippen molar-refractivity contribution in [2.24, 2.45) is 0 Å². The summed E-state index contributed by atoms with van der Waals surface area (Å²) in [5.74, 6) is -1.76. The smallest absolute Gasteiger partial charge is 0.303 e. The minimum Gasteiger partial charge on any atom is -0.481 e. The molecule has 2 aromatic rings. The largest absolute Gasteiger partial charge is 0.481 e. The number of aromatic amines is 1. The Morgan fingerprint density at radius 3 is 2.76 bits per heavy atom. The van der Waals surface area contributed by atoms with Gasteiger partial charge in [-0.2, -0.15) is 0 Å². The lowest BCUT2D eigenvalue weighted by Gasteiger charge is -1.97. The Hall–Kier alpha value is -2.17. The van der Waals surface area contributed by atoms with E-state index in [-0.39, 0.29) is 24.1 Å². The molecule has 2 rings (SSSR count). The molecular formula is C12H10FNO3. The molecule has 0 fully saturated rings. The van der Waals surface area contributed by atoms with Gasteiger partial charge in [-0.15, -0.1) is 0 Å². The molecule has 0 aliphatic heterocycles. The van der Waals surface area contributed by atoms with Gasteiger partial charge in [-0.25, -0.2) is 4.39 Å². The molecule has 0 aliphatic rings. The third-order valence-corrected chi connectivity index (χ3v) is 2.53. The Balaban J connectivity index is 2.33. The lowest BCUT2D eigenvalue weighted by Crippen LogP contribution is -2.03. The van der Waals surface area contributed by atoms with E-state index in [1.54, 1.807) is 6.07 Å². The van der Waals surface area contributed by atoms with Gasteiger partial charge in [0.1, 0.15) is 5.82 Å². The van der Waals surface area contributed by atoms with Gasteiger partial charge in [-0.05, 0) is 6.07 Å².